The van der Waals surface area contributed by atoms with Crippen LogP contribution in [0.5, 0.6) is 0 Å². The zero-order valence-corrected chi connectivity index (χ0v) is 19.1. The van der Waals surface area contributed by atoms with Crippen LogP contribution in [0.25, 0.3) is 0 Å². The number of piperidine rings is 1. The molecule has 0 atom stereocenters. The smallest absolute Gasteiger partial charge is 0.475 e. The summed E-state index contributed by atoms with van der Waals surface area (Å²) in [5.74, 6) is -1.33. The van der Waals surface area contributed by atoms with Crippen molar-refractivity contribution >= 4 is 23.4 Å². The molecule has 1 saturated heterocycles. The molecule has 9 heteroatoms. The highest BCUT2D eigenvalue weighted by Crippen LogP contribution is 2.31. The quantitative estimate of drug-likeness (QED) is 0.498. The molecule has 0 radical (unpaired) electrons. The third kappa shape index (κ3) is 7.30. The first-order valence-electron chi connectivity index (χ1n) is 11.1. The highest BCUT2D eigenvalue weighted by Gasteiger charge is 2.38. The number of nitrogens with zero attached hydrogens (tertiary/aromatic N) is 2. The fourth-order valence-electron chi connectivity index (χ4n) is 3.90. The number of carbonyl (C=O) groups excluding carboxylic acids is 1. The van der Waals surface area contributed by atoms with Crippen molar-refractivity contribution in [2.24, 2.45) is 0 Å². The number of carbonyl (C=O) groups is 2. The maximum absolute atomic E-state index is 12.4. The number of carboxylic acids is 1. The van der Waals surface area contributed by atoms with Crippen molar-refractivity contribution in [3.63, 3.8) is 0 Å². The van der Waals surface area contributed by atoms with Gasteiger partial charge < -0.3 is 15.3 Å². The Kier molecular flexibility index (Phi) is 8.46. The van der Waals surface area contributed by atoms with Gasteiger partial charge in [-0.05, 0) is 61.1 Å². The van der Waals surface area contributed by atoms with Crippen LogP contribution in [0.2, 0.25) is 0 Å². The van der Waals surface area contributed by atoms with Gasteiger partial charge in [-0.25, -0.2) is 9.78 Å². The highest BCUT2D eigenvalue weighted by molar-refractivity contribution is 6.04. The first-order valence-corrected chi connectivity index (χ1v) is 11.1. The molecule has 4 rings (SSSR count). The van der Waals surface area contributed by atoms with Gasteiger partial charge >= 0.3 is 12.1 Å². The summed E-state index contributed by atoms with van der Waals surface area (Å²) in [6.07, 6.45) is -1.16. The second kappa shape index (κ2) is 11.5. The van der Waals surface area contributed by atoms with E-state index in [0.717, 1.165) is 37.4 Å². The van der Waals surface area contributed by atoms with E-state index in [0.29, 0.717) is 11.5 Å². The maximum atomic E-state index is 12.4. The van der Waals surface area contributed by atoms with Gasteiger partial charge in [0.05, 0.1) is 5.56 Å². The molecule has 6 nitrogen and oxygen atoms in total. The Morgan fingerprint density at radius 1 is 0.971 bits per heavy atom. The molecule has 0 bridgehead atoms. The van der Waals surface area contributed by atoms with Crippen LogP contribution in [0.1, 0.15) is 40.2 Å². The van der Waals surface area contributed by atoms with Crippen LogP contribution in [0.15, 0.2) is 72.9 Å². The number of hydrogen-bond acceptors (Lipinski definition) is 4. The summed E-state index contributed by atoms with van der Waals surface area (Å²) in [6.45, 7) is 4.17. The van der Waals surface area contributed by atoms with E-state index in [1.165, 1.54) is 11.1 Å². The second-order valence-corrected chi connectivity index (χ2v) is 8.15. The molecule has 0 saturated carbocycles. The molecule has 1 amide bonds. The lowest BCUT2D eigenvalue weighted by atomic mass is 9.87. The van der Waals surface area contributed by atoms with Gasteiger partial charge in [0.2, 0.25) is 0 Å². The largest absolute Gasteiger partial charge is 0.490 e. The van der Waals surface area contributed by atoms with Crippen molar-refractivity contribution in [3.8, 4) is 0 Å². The summed E-state index contributed by atoms with van der Waals surface area (Å²) < 4.78 is 31.7. The Morgan fingerprint density at radius 3 is 2.11 bits per heavy atom. The van der Waals surface area contributed by atoms with Gasteiger partial charge in [-0.15, -0.1) is 0 Å². The van der Waals surface area contributed by atoms with Gasteiger partial charge in [-0.1, -0.05) is 42.5 Å². The number of pyridine rings is 1. The predicted octanol–water partition coefficient (Wildman–Crippen LogP) is 5.66. The average Bonchev–Trinajstić information content (AvgIpc) is 2.85. The third-order valence-corrected chi connectivity index (χ3v) is 5.73. The minimum absolute atomic E-state index is 0.136. The number of amides is 1. The molecule has 1 aliphatic rings. The lowest BCUT2D eigenvalue weighted by Gasteiger charge is -2.33. The number of rotatable bonds is 4. The number of nitrogens with one attached hydrogen (secondary N) is 1. The summed E-state index contributed by atoms with van der Waals surface area (Å²) in [5, 5.41) is 10.0. The standard InChI is InChI=1S/C24H25N3O.C2HF3O2/c1-18-7-5-6-10-22(18)19-13-15-27(16-14-19)23-12-11-20(17-25-23)24(28)26-21-8-3-2-4-9-21;3-2(4,5)1(6)7/h2-12,17,19H,13-16H2,1H3,(H,26,28);(H,6,7). The number of hydrogen-bond donors (Lipinski definition) is 2. The summed E-state index contributed by atoms with van der Waals surface area (Å²) in [6, 6.07) is 22.0. The minimum atomic E-state index is -5.08. The van der Waals surface area contributed by atoms with Crippen molar-refractivity contribution in [2.45, 2.75) is 31.9 Å². The lowest BCUT2D eigenvalue weighted by molar-refractivity contribution is -0.192. The molecule has 1 aromatic heterocycles. The Hall–Kier alpha value is -3.88. The fraction of sp³-hybridized carbons (Fsp3) is 0.269. The number of carboxylic acid groups (broad SMARTS) is 1. The lowest BCUT2D eigenvalue weighted by Crippen LogP contribution is -2.33. The zero-order chi connectivity index (χ0) is 25.4. The Balaban J connectivity index is 0.000000429. The first-order chi connectivity index (χ1) is 16.6. The Morgan fingerprint density at radius 2 is 1.57 bits per heavy atom. The first kappa shape index (κ1) is 25.7. The summed E-state index contributed by atoms with van der Waals surface area (Å²) in [4.78, 5) is 28.1. The van der Waals surface area contributed by atoms with Gasteiger partial charge in [-0.3, -0.25) is 4.79 Å². The van der Waals surface area contributed by atoms with Crippen LogP contribution in [0, 0.1) is 6.92 Å². The molecule has 0 spiro atoms. The van der Waals surface area contributed by atoms with Crippen LogP contribution < -0.4 is 10.2 Å². The summed E-state index contributed by atoms with van der Waals surface area (Å²) >= 11 is 0. The summed E-state index contributed by atoms with van der Waals surface area (Å²) in [7, 11) is 0. The van der Waals surface area contributed by atoms with E-state index in [4.69, 9.17) is 9.90 Å². The SMILES string of the molecule is Cc1ccccc1C1CCN(c2ccc(C(=O)Nc3ccccc3)cn2)CC1.O=C(O)C(F)(F)F. The molecule has 1 aliphatic heterocycles. The molecule has 3 aromatic rings. The number of halogens is 3. The molecule has 2 aromatic carbocycles. The number of anilines is 2. The van der Waals surface area contributed by atoms with Crippen molar-refractivity contribution in [1.82, 2.24) is 4.98 Å². The number of aryl methyl sites for hydroxylation is 1. The number of aliphatic carboxylic acids is 1. The third-order valence-electron chi connectivity index (χ3n) is 5.73. The van der Waals surface area contributed by atoms with Crippen LogP contribution in [0.4, 0.5) is 24.7 Å². The topological polar surface area (TPSA) is 82.5 Å². The second-order valence-electron chi connectivity index (χ2n) is 8.15. The fourth-order valence-corrected chi connectivity index (χ4v) is 3.90. The molecule has 2 heterocycles. The van der Waals surface area contributed by atoms with Crippen molar-refractivity contribution < 1.29 is 27.9 Å². The van der Waals surface area contributed by atoms with E-state index in [-0.39, 0.29) is 5.91 Å². The zero-order valence-electron chi connectivity index (χ0n) is 19.1. The minimum Gasteiger partial charge on any atom is -0.475 e. The molecule has 0 unspecified atom stereocenters. The van der Waals surface area contributed by atoms with E-state index in [9.17, 15) is 18.0 Å². The number of aromatic nitrogens is 1. The van der Waals surface area contributed by atoms with E-state index < -0.39 is 12.1 Å². The monoisotopic (exact) mass is 485 g/mol. The van der Waals surface area contributed by atoms with E-state index >= 15 is 0 Å². The predicted molar refractivity (Wildman–Crippen MR) is 128 cm³/mol. The van der Waals surface area contributed by atoms with E-state index in [1.54, 1.807) is 6.20 Å². The molecular weight excluding hydrogens is 459 g/mol. The van der Waals surface area contributed by atoms with Gasteiger partial charge in [0.25, 0.3) is 5.91 Å². The normalized spacial score (nSPS) is 14.0. The van der Waals surface area contributed by atoms with Crippen LogP contribution in [-0.4, -0.2) is 41.2 Å². The van der Waals surface area contributed by atoms with E-state index in [2.05, 4.69) is 46.4 Å². The molecular formula is C26H26F3N3O3. The van der Waals surface area contributed by atoms with Crippen molar-refractivity contribution in [3.05, 3.63) is 89.6 Å². The van der Waals surface area contributed by atoms with Crippen LogP contribution in [0.3, 0.4) is 0 Å². The number of alkyl halides is 3. The number of para-hydroxylation sites is 1. The van der Waals surface area contributed by atoms with Crippen LogP contribution in [-0.2, 0) is 4.79 Å². The van der Waals surface area contributed by atoms with Crippen molar-refractivity contribution in [2.75, 3.05) is 23.3 Å². The summed E-state index contributed by atoms with van der Waals surface area (Å²) in [5.41, 5.74) is 4.22. The average molecular weight is 486 g/mol. The molecule has 184 valence electrons. The Bertz CT molecular complexity index is 1130. The molecule has 0 aliphatic carbocycles. The van der Waals surface area contributed by atoms with Gasteiger partial charge in [0.1, 0.15) is 5.82 Å². The van der Waals surface area contributed by atoms with Crippen LogP contribution >= 0.6 is 0 Å². The highest BCUT2D eigenvalue weighted by atomic mass is 19.4. The van der Waals surface area contributed by atoms with Crippen molar-refractivity contribution in [1.29, 1.82) is 0 Å². The molecule has 1 fully saturated rings. The van der Waals surface area contributed by atoms with Gasteiger partial charge in [0, 0.05) is 25.0 Å². The molecule has 2 N–H and O–H groups in total. The van der Waals surface area contributed by atoms with Gasteiger partial charge in [0.15, 0.2) is 0 Å². The maximum Gasteiger partial charge on any atom is 0.490 e. The molecule has 35 heavy (non-hydrogen) atoms. The van der Waals surface area contributed by atoms with Gasteiger partial charge in [-0.2, -0.15) is 13.2 Å². The number of benzene rings is 2. The van der Waals surface area contributed by atoms with E-state index in [1.807, 2.05) is 42.5 Å². The Labute approximate surface area is 201 Å².